The maximum absolute atomic E-state index is 12.3. The van der Waals surface area contributed by atoms with Gasteiger partial charge in [-0.3, -0.25) is 18.7 Å². The van der Waals surface area contributed by atoms with Crippen molar-refractivity contribution in [2.45, 2.75) is 127 Å². The van der Waals surface area contributed by atoms with Crippen molar-refractivity contribution in [3.8, 4) is 0 Å². The third-order valence-corrected chi connectivity index (χ3v) is 15.3. The van der Waals surface area contributed by atoms with E-state index in [1.807, 2.05) is 128 Å². The summed E-state index contributed by atoms with van der Waals surface area (Å²) in [6.45, 7) is 20.7. The van der Waals surface area contributed by atoms with Gasteiger partial charge in [0, 0.05) is 61.4 Å². The van der Waals surface area contributed by atoms with Crippen LogP contribution < -0.4 is 0 Å². The van der Waals surface area contributed by atoms with Crippen molar-refractivity contribution in [3.05, 3.63) is 179 Å². The van der Waals surface area contributed by atoms with Crippen LogP contribution in [0.5, 0.6) is 0 Å². The van der Waals surface area contributed by atoms with Gasteiger partial charge in [-0.05, 0) is 96.7 Å². The van der Waals surface area contributed by atoms with Crippen LogP contribution in [0.25, 0.3) is 10.8 Å². The van der Waals surface area contributed by atoms with Gasteiger partial charge in [-0.15, -0.1) is 0 Å². The maximum Gasteiger partial charge on any atom is 0.306 e. The number of hydrogen-bond acceptors (Lipinski definition) is 10. The minimum atomic E-state index is -4.61. The average molecular weight is 1080 g/mol. The number of fused-ring (bicyclic) bond motifs is 1. The average Bonchev–Trinajstić information content (AvgIpc) is 3.35. The minimum Gasteiger partial charge on any atom is -0.453 e. The standard InChI is InChI=1S/2C22H29NO2.C18H24O6S2/c2*1-5-21(24)25-22(18(2)17-23(3)4,20-14-10-7-11-15-20)16-19-12-8-6-9-13-19;1-17(2,3)11-7-13-14(15(9-11)25(19,20)21)8-12(18(4,5)6)10-16(13)26(22,23)24/h2*6-15,18H,5,16-17H2,1-4H3;7-10H,1-6H3,(H,19,20,21)(H,22,23,24)/t2*18-,22+;/m00./s1. The highest BCUT2D eigenvalue weighted by molar-refractivity contribution is 7.86. The molecule has 12 nitrogen and oxygen atoms in total. The summed E-state index contributed by atoms with van der Waals surface area (Å²) in [4.78, 5) is 28.2. The molecule has 0 fully saturated rings. The third-order valence-electron chi connectivity index (χ3n) is 13.5. The molecule has 6 aromatic rings. The molecule has 0 aliphatic heterocycles. The van der Waals surface area contributed by atoms with E-state index < -0.39 is 42.3 Å². The molecule has 0 aliphatic carbocycles. The van der Waals surface area contributed by atoms with Gasteiger partial charge in [0.25, 0.3) is 20.2 Å². The first-order chi connectivity index (χ1) is 35.4. The van der Waals surface area contributed by atoms with Crippen LogP contribution >= 0.6 is 0 Å². The molecule has 0 saturated heterocycles. The van der Waals surface area contributed by atoms with Crippen molar-refractivity contribution in [1.82, 2.24) is 9.80 Å². The quantitative estimate of drug-likeness (QED) is 0.0618. The van der Waals surface area contributed by atoms with E-state index in [0.29, 0.717) is 36.8 Å². The molecule has 0 amide bonds. The first kappa shape index (κ1) is 62.8. The van der Waals surface area contributed by atoms with E-state index in [-0.39, 0.29) is 44.3 Å². The summed E-state index contributed by atoms with van der Waals surface area (Å²) in [6, 6.07) is 46.6. The van der Waals surface area contributed by atoms with E-state index in [1.54, 1.807) is 12.1 Å². The zero-order valence-corrected chi connectivity index (χ0v) is 48.8. The van der Waals surface area contributed by atoms with Crippen molar-refractivity contribution < 1.29 is 45.0 Å². The SMILES string of the molecule is CC(C)(C)c1cc(S(=O)(=O)O)c2cc(C(C)(C)C)cc(S(=O)(=O)O)c2c1.CCC(=O)O[C@@](Cc1ccccc1)(c1ccccc1)[C@@H](C)CN(C)C.CCC(=O)O[C@@](Cc1ccccc1)(c1ccccc1)[C@@H](C)CN(C)C. The first-order valence-corrected chi connectivity index (χ1v) is 28.8. The molecule has 76 heavy (non-hydrogen) atoms. The molecular formula is C62H82N2O10S2. The molecule has 6 rings (SSSR count). The van der Waals surface area contributed by atoms with Crippen LogP contribution in [0.2, 0.25) is 0 Å². The van der Waals surface area contributed by atoms with Crippen molar-refractivity contribution in [2.24, 2.45) is 11.8 Å². The van der Waals surface area contributed by atoms with Crippen LogP contribution in [-0.2, 0) is 74.2 Å². The van der Waals surface area contributed by atoms with E-state index in [9.17, 15) is 35.5 Å². The second-order valence-corrected chi connectivity index (χ2v) is 25.1. The number of benzene rings is 6. The van der Waals surface area contributed by atoms with Gasteiger partial charge < -0.3 is 19.3 Å². The van der Waals surface area contributed by atoms with E-state index >= 15 is 0 Å². The fraction of sp³-hybridized carbons (Fsp3) is 0.419. The highest BCUT2D eigenvalue weighted by Crippen LogP contribution is 2.41. The lowest BCUT2D eigenvalue weighted by Gasteiger charge is -2.40. The number of hydrogen-bond donors (Lipinski definition) is 2. The second-order valence-electron chi connectivity index (χ2n) is 22.3. The predicted octanol–water partition coefficient (Wildman–Crippen LogP) is 12.5. The molecule has 0 unspecified atom stereocenters. The van der Waals surface area contributed by atoms with Gasteiger partial charge in [0.1, 0.15) is 21.0 Å². The lowest BCUT2D eigenvalue weighted by Crippen LogP contribution is -2.44. The number of carbonyl (C=O) groups is 2. The van der Waals surface area contributed by atoms with Gasteiger partial charge in [0.05, 0.1) is 0 Å². The zero-order valence-electron chi connectivity index (χ0n) is 47.1. The summed E-state index contributed by atoms with van der Waals surface area (Å²) in [6.07, 6.45) is 2.08. The normalized spacial score (nSPS) is 14.5. The Bertz CT molecular complexity index is 2840. The Morgan fingerprint density at radius 2 is 0.750 bits per heavy atom. The largest absolute Gasteiger partial charge is 0.453 e. The number of esters is 2. The van der Waals surface area contributed by atoms with Gasteiger partial charge in [0.15, 0.2) is 0 Å². The first-order valence-electron chi connectivity index (χ1n) is 25.9. The van der Waals surface area contributed by atoms with Crippen molar-refractivity contribution >= 4 is 42.9 Å². The Morgan fingerprint density at radius 3 is 0.987 bits per heavy atom. The molecule has 0 aliphatic rings. The topological polar surface area (TPSA) is 168 Å². The molecule has 0 heterocycles. The summed E-state index contributed by atoms with van der Waals surface area (Å²) in [5, 5.41) is 0.112. The Balaban J connectivity index is 0.000000246. The van der Waals surface area contributed by atoms with Gasteiger partial charge >= 0.3 is 11.9 Å². The Morgan fingerprint density at radius 1 is 0.474 bits per heavy atom. The molecule has 0 bridgehead atoms. The Kier molecular flexibility index (Phi) is 21.9. The summed E-state index contributed by atoms with van der Waals surface area (Å²) in [7, 11) is -1.02. The number of ether oxygens (including phenoxy) is 2. The molecule has 0 saturated carbocycles. The Hall–Kier alpha value is -5.74. The molecule has 0 radical (unpaired) electrons. The van der Waals surface area contributed by atoms with Gasteiger partial charge in [0.2, 0.25) is 0 Å². The Labute approximate surface area is 454 Å². The fourth-order valence-corrected chi connectivity index (χ4v) is 10.8. The lowest BCUT2D eigenvalue weighted by atomic mass is 9.77. The van der Waals surface area contributed by atoms with Crippen molar-refractivity contribution in [2.75, 3.05) is 41.3 Å². The van der Waals surface area contributed by atoms with Crippen LogP contribution in [0.15, 0.2) is 155 Å². The highest BCUT2D eigenvalue weighted by Gasteiger charge is 2.43. The fourth-order valence-electron chi connectivity index (χ4n) is 9.38. The van der Waals surface area contributed by atoms with E-state index in [1.165, 1.54) is 23.3 Å². The molecule has 2 N–H and O–H groups in total. The van der Waals surface area contributed by atoms with E-state index in [4.69, 9.17) is 9.47 Å². The van der Waals surface area contributed by atoms with Crippen LogP contribution in [-0.4, -0.2) is 89.0 Å². The zero-order chi connectivity index (χ0) is 56.9. The summed E-state index contributed by atoms with van der Waals surface area (Å²) in [5.41, 5.74) is 3.10. The molecule has 14 heteroatoms. The monoisotopic (exact) mass is 1080 g/mol. The number of nitrogens with zero attached hydrogens (tertiary/aromatic N) is 2. The van der Waals surface area contributed by atoms with Gasteiger partial charge in [-0.2, -0.15) is 16.8 Å². The molecular weight excluding hydrogens is 997 g/mol. The highest BCUT2D eigenvalue weighted by atomic mass is 32.2. The van der Waals surface area contributed by atoms with Crippen LogP contribution in [0.3, 0.4) is 0 Å². The van der Waals surface area contributed by atoms with E-state index in [2.05, 4.69) is 100 Å². The van der Waals surface area contributed by atoms with Crippen molar-refractivity contribution in [3.63, 3.8) is 0 Å². The second kappa shape index (κ2) is 26.5. The third kappa shape index (κ3) is 17.1. The summed E-state index contributed by atoms with van der Waals surface area (Å²) < 4.78 is 79.8. The van der Waals surface area contributed by atoms with Crippen LogP contribution in [0.1, 0.15) is 115 Å². The van der Waals surface area contributed by atoms with Gasteiger partial charge in [-0.1, -0.05) is 191 Å². The lowest BCUT2D eigenvalue weighted by molar-refractivity contribution is -0.169. The summed E-state index contributed by atoms with van der Waals surface area (Å²) in [5.74, 6) is -0.0445. The molecule has 0 spiro atoms. The molecule has 4 atom stereocenters. The molecule has 6 aromatic carbocycles. The summed E-state index contributed by atoms with van der Waals surface area (Å²) >= 11 is 0. The van der Waals surface area contributed by atoms with E-state index in [0.717, 1.165) is 24.2 Å². The van der Waals surface area contributed by atoms with Crippen LogP contribution in [0.4, 0.5) is 0 Å². The predicted molar refractivity (Wildman–Crippen MR) is 306 cm³/mol. The smallest absolute Gasteiger partial charge is 0.306 e. The number of carbonyl (C=O) groups excluding carboxylic acids is 2. The molecule has 412 valence electrons. The van der Waals surface area contributed by atoms with Crippen molar-refractivity contribution in [1.29, 1.82) is 0 Å². The van der Waals surface area contributed by atoms with Crippen LogP contribution in [0, 0.1) is 11.8 Å². The molecule has 0 aromatic heterocycles. The van der Waals surface area contributed by atoms with Gasteiger partial charge in [-0.25, -0.2) is 0 Å². The maximum atomic E-state index is 12.3. The number of rotatable bonds is 18. The minimum absolute atomic E-state index is 0.0561.